The molecule has 0 heterocycles. The van der Waals surface area contributed by atoms with Crippen LogP contribution in [0.1, 0.15) is 31.4 Å². The van der Waals surface area contributed by atoms with Gasteiger partial charge < -0.3 is 4.90 Å². The molecule has 4 heteroatoms. The molecule has 0 bridgehead atoms. The maximum atomic E-state index is 2.99. The van der Waals surface area contributed by atoms with Crippen LogP contribution in [0.3, 0.4) is 0 Å². The van der Waals surface area contributed by atoms with E-state index in [1.54, 1.807) is 0 Å². The molecule has 5 aromatic carbocycles. The topological polar surface area (TPSA) is 3.24 Å². The first-order valence-corrected chi connectivity index (χ1v) is 14.2. The van der Waals surface area contributed by atoms with E-state index in [1.807, 2.05) is 12.2 Å². The van der Waals surface area contributed by atoms with Crippen LogP contribution in [0.25, 0.3) is 21.5 Å². The standard InChI is InChI=1S/C17H18N.C13H10.C5H5.2ClH.Zr/c1-3-18(4-2)15-9-10-17-14(12-15)11-13-7-5-6-8-16(13)17;1-3-7-12(8-4-1)11-13-9-5-2-6-10-13;1-2-4-5-3-1;;;/h5-12H,3-4H2,1-2H3;1-10H;1-3H,4H2;2*1H;/q-1;;-1;;;+2. The van der Waals surface area contributed by atoms with Crippen LogP contribution in [0.4, 0.5) is 5.69 Å². The molecule has 0 atom stereocenters. The summed E-state index contributed by atoms with van der Waals surface area (Å²) in [5, 5.41) is 5.41. The summed E-state index contributed by atoms with van der Waals surface area (Å²) in [7, 11) is 0. The van der Waals surface area contributed by atoms with Crippen LogP contribution in [-0.2, 0) is 24.2 Å². The van der Waals surface area contributed by atoms with E-state index in [4.69, 9.17) is 0 Å². The van der Waals surface area contributed by atoms with Crippen molar-refractivity contribution < 1.29 is 24.2 Å². The Balaban J connectivity index is 0.000000227. The van der Waals surface area contributed by atoms with Crippen LogP contribution >= 0.6 is 24.8 Å². The summed E-state index contributed by atoms with van der Waals surface area (Å²) in [6.07, 6.45) is 10.0. The summed E-state index contributed by atoms with van der Waals surface area (Å²) >= 11 is 1.46. The first kappa shape index (κ1) is 32.6. The van der Waals surface area contributed by atoms with Crippen LogP contribution < -0.4 is 4.90 Å². The fourth-order valence-corrected chi connectivity index (χ4v) is 5.27. The quantitative estimate of drug-likeness (QED) is 0.175. The van der Waals surface area contributed by atoms with Crippen molar-refractivity contribution in [1.82, 2.24) is 0 Å². The van der Waals surface area contributed by atoms with Gasteiger partial charge in [-0.15, -0.1) is 64.9 Å². The third-order valence-electron chi connectivity index (χ3n) is 6.44. The van der Waals surface area contributed by atoms with Gasteiger partial charge in [-0.05, 0) is 13.8 Å². The second-order valence-corrected chi connectivity index (χ2v) is 10.0. The van der Waals surface area contributed by atoms with Gasteiger partial charge in [0, 0.05) is 18.8 Å². The molecule has 0 spiro atoms. The first-order valence-electron chi connectivity index (χ1n) is 13.0. The van der Waals surface area contributed by atoms with Crippen LogP contribution in [0.5, 0.6) is 0 Å². The van der Waals surface area contributed by atoms with Crippen LogP contribution in [0, 0.1) is 6.08 Å². The Labute approximate surface area is 260 Å². The predicted molar refractivity (Wildman–Crippen MR) is 173 cm³/mol. The van der Waals surface area contributed by atoms with Gasteiger partial charge in [-0.1, -0.05) is 36.4 Å². The van der Waals surface area contributed by atoms with Crippen LogP contribution in [0.2, 0.25) is 0 Å². The van der Waals surface area contributed by atoms with Crippen LogP contribution in [0.15, 0.2) is 127 Å². The molecule has 39 heavy (non-hydrogen) atoms. The SMILES string of the molecule is CCN(CC)c1ccc2c(c1)[cH-]c1ccccc12.Cl.Cl.[C-]1=CC=CC1.[Zr+2]=[C](c1ccccc1)c1ccccc1. The Kier molecular flexibility index (Phi) is 14.3. The number of allylic oxidation sites excluding steroid dienone is 4. The number of anilines is 1. The molecule has 0 amide bonds. The number of hydrogen-bond acceptors (Lipinski definition) is 1. The number of fused-ring (bicyclic) bond motifs is 3. The molecule has 0 radical (unpaired) electrons. The van der Waals surface area contributed by atoms with Crippen molar-refractivity contribution in [1.29, 1.82) is 0 Å². The maximum absolute atomic E-state index is 2.99. The second kappa shape index (κ2) is 17.1. The van der Waals surface area contributed by atoms with Crippen molar-refractivity contribution in [3.63, 3.8) is 0 Å². The van der Waals surface area contributed by atoms with Gasteiger partial charge in [-0.3, -0.25) is 6.08 Å². The minimum atomic E-state index is 0. The summed E-state index contributed by atoms with van der Waals surface area (Å²) in [6.45, 7) is 6.52. The summed E-state index contributed by atoms with van der Waals surface area (Å²) < 4.78 is 1.42. The molecule has 1 aliphatic carbocycles. The van der Waals surface area contributed by atoms with Gasteiger partial charge in [0.15, 0.2) is 0 Å². The van der Waals surface area contributed by atoms with Crippen molar-refractivity contribution in [2.75, 3.05) is 18.0 Å². The predicted octanol–water partition coefficient (Wildman–Crippen LogP) is 9.51. The van der Waals surface area contributed by atoms with E-state index in [9.17, 15) is 0 Å². The van der Waals surface area contributed by atoms with Gasteiger partial charge in [0.25, 0.3) is 0 Å². The van der Waals surface area contributed by atoms with Gasteiger partial charge in [-0.25, -0.2) is 12.2 Å². The zero-order chi connectivity index (χ0) is 25.9. The van der Waals surface area contributed by atoms with Gasteiger partial charge in [-0.2, -0.15) is 6.08 Å². The Morgan fingerprint density at radius 2 is 1.31 bits per heavy atom. The molecule has 6 rings (SSSR count). The van der Waals surface area contributed by atoms with Gasteiger partial charge in [0.05, 0.1) is 0 Å². The van der Waals surface area contributed by atoms with E-state index in [0.29, 0.717) is 0 Å². The third-order valence-corrected chi connectivity index (χ3v) is 7.86. The van der Waals surface area contributed by atoms with Crippen molar-refractivity contribution in [2.45, 2.75) is 20.3 Å². The van der Waals surface area contributed by atoms with E-state index in [1.165, 1.54) is 65.8 Å². The number of nitrogens with zero attached hydrogens (tertiary/aromatic N) is 1. The molecule has 0 saturated heterocycles. The van der Waals surface area contributed by atoms with E-state index in [0.717, 1.165) is 19.5 Å². The number of halogens is 2. The van der Waals surface area contributed by atoms with E-state index in [2.05, 4.69) is 140 Å². The number of rotatable bonds is 5. The molecule has 198 valence electrons. The summed E-state index contributed by atoms with van der Waals surface area (Å²) in [5.74, 6) is 0. The molecule has 0 unspecified atom stereocenters. The van der Waals surface area contributed by atoms with Crippen molar-refractivity contribution in [2.24, 2.45) is 0 Å². The molecule has 1 aliphatic rings. The molecule has 0 aromatic heterocycles. The Morgan fingerprint density at radius 1 is 0.744 bits per heavy atom. The summed E-state index contributed by atoms with van der Waals surface area (Å²) in [4.78, 5) is 2.39. The average molecular weight is 632 g/mol. The third kappa shape index (κ3) is 8.94. The Bertz CT molecular complexity index is 1430. The molecular formula is C35H35Cl2NZr. The molecule has 0 aliphatic heterocycles. The van der Waals surface area contributed by atoms with Crippen molar-refractivity contribution in [3.05, 3.63) is 145 Å². The fraction of sp³-hybridized carbons (Fsp3) is 0.143. The molecule has 1 nitrogen and oxygen atoms in total. The molecule has 0 N–H and O–H groups in total. The fourth-order valence-electron chi connectivity index (χ4n) is 4.45. The van der Waals surface area contributed by atoms with Gasteiger partial charge in [0.2, 0.25) is 0 Å². The van der Waals surface area contributed by atoms with E-state index >= 15 is 0 Å². The average Bonchev–Trinajstić information content (AvgIpc) is 3.67. The van der Waals surface area contributed by atoms with E-state index < -0.39 is 0 Å². The first-order chi connectivity index (χ1) is 18.2. The molecular weight excluding hydrogens is 597 g/mol. The van der Waals surface area contributed by atoms with Gasteiger partial charge in [0.1, 0.15) is 0 Å². The second-order valence-electron chi connectivity index (χ2n) is 8.79. The minimum absolute atomic E-state index is 0. The zero-order valence-corrected chi connectivity index (χ0v) is 26.6. The number of benzene rings is 4. The Morgan fingerprint density at radius 3 is 1.82 bits per heavy atom. The number of hydrogen-bond donors (Lipinski definition) is 0. The molecule has 5 aromatic rings. The zero-order valence-electron chi connectivity index (χ0n) is 22.5. The summed E-state index contributed by atoms with van der Waals surface area (Å²) in [6, 6.07) is 38.8. The van der Waals surface area contributed by atoms with Crippen LogP contribution in [-0.4, -0.2) is 16.3 Å². The van der Waals surface area contributed by atoms with Crippen molar-refractivity contribution >= 4 is 55.3 Å². The van der Waals surface area contributed by atoms with Crippen molar-refractivity contribution in [3.8, 4) is 0 Å². The normalized spacial score (nSPS) is 11.0. The summed E-state index contributed by atoms with van der Waals surface area (Å²) in [5.41, 5.74) is 3.98. The molecule has 0 saturated carbocycles. The molecule has 0 fully saturated rings. The van der Waals surface area contributed by atoms with E-state index in [-0.39, 0.29) is 24.8 Å². The van der Waals surface area contributed by atoms with Gasteiger partial charge >= 0.3 is 99.2 Å². The Hall–Kier alpha value is -2.64. The monoisotopic (exact) mass is 629 g/mol.